The molecule has 0 atom stereocenters. The Bertz CT molecular complexity index is 789. The number of amides is 1. The number of hydrogen-bond acceptors (Lipinski definition) is 4. The van der Waals surface area contributed by atoms with Crippen LogP contribution in [0, 0.1) is 0 Å². The Balaban J connectivity index is 1.64. The number of carbonyl (C=O) groups is 1. The highest BCUT2D eigenvalue weighted by molar-refractivity contribution is 5.97. The van der Waals surface area contributed by atoms with Crippen LogP contribution in [-0.4, -0.2) is 42.1 Å². The van der Waals surface area contributed by atoms with Gasteiger partial charge in [0.25, 0.3) is 5.91 Å². The van der Waals surface area contributed by atoms with E-state index in [1.807, 2.05) is 22.8 Å². The lowest BCUT2D eigenvalue weighted by Gasteiger charge is -2.27. The molecule has 0 radical (unpaired) electrons. The van der Waals surface area contributed by atoms with Crippen molar-refractivity contribution in [2.75, 3.05) is 6.54 Å². The summed E-state index contributed by atoms with van der Waals surface area (Å²) >= 11 is 0. The van der Waals surface area contributed by atoms with E-state index in [0.717, 1.165) is 23.4 Å². The van der Waals surface area contributed by atoms with Gasteiger partial charge in [-0.1, -0.05) is 0 Å². The molecule has 1 N–H and O–H groups in total. The molecule has 0 saturated carbocycles. The van der Waals surface area contributed by atoms with Crippen molar-refractivity contribution in [1.29, 1.82) is 0 Å². The van der Waals surface area contributed by atoms with E-state index >= 15 is 0 Å². The maximum Gasteiger partial charge on any atom is 0.254 e. The van der Waals surface area contributed by atoms with Gasteiger partial charge < -0.3 is 14.5 Å². The molecule has 4 rings (SSSR count). The lowest BCUT2D eigenvalue weighted by Crippen LogP contribution is -2.38. The molecule has 7 heteroatoms. The summed E-state index contributed by atoms with van der Waals surface area (Å²) in [5, 5.41) is 7.89. The summed E-state index contributed by atoms with van der Waals surface area (Å²) < 4.78 is 1.97. The number of imidazole rings is 1. The van der Waals surface area contributed by atoms with E-state index in [-0.39, 0.29) is 5.91 Å². The molecule has 1 aromatic carbocycles. The van der Waals surface area contributed by atoms with Gasteiger partial charge in [0.2, 0.25) is 0 Å². The molecule has 0 bridgehead atoms. The Hall–Kier alpha value is -2.70. The Morgan fingerprint density at radius 3 is 3.20 bits per heavy atom. The topological polar surface area (TPSA) is 79.7 Å². The predicted octanol–water partition coefficient (Wildman–Crippen LogP) is 0.810. The van der Waals surface area contributed by atoms with Crippen LogP contribution < -0.4 is 0 Å². The first kappa shape index (κ1) is 11.2. The van der Waals surface area contributed by atoms with Gasteiger partial charge >= 0.3 is 0 Å². The molecule has 0 spiro atoms. The molecule has 20 heavy (non-hydrogen) atoms. The van der Waals surface area contributed by atoms with Crippen LogP contribution in [-0.2, 0) is 13.1 Å². The van der Waals surface area contributed by atoms with Crippen LogP contribution in [0.2, 0.25) is 0 Å². The molecule has 3 heterocycles. The quantitative estimate of drug-likeness (QED) is 0.708. The van der Waals surface area contributed by atoms with Crippen molar-refractivity contribution in [3.8, 4) is 0 Å². The first-order valence-corrected chi connectivity index (χ1v) is 6.40. The Morgan fingerprint density at radius 2 is 2.25 bits per heavy atom. The number of nitrogens with zero attached hydrogens (tertiary/aromatic N) is 5. The van der Waals surface area contributed by atoms with Crippen LogP contribution >= 0.6 is 0 Å². The van der Waals surface area contributed by atoms with Crippen LogP contribution in [0.25, 0.3) is 11.0 Å². The van der Waals surface area contributed by atoms with E-state index in [1.165, 1.54) is 0 Å². The van der Waals surface area contributed by atoms with Crippen molar-refractivity contribution in [2.24, 2.45) is 0 Å². The minimum absolute atomic E-state index is 0.00995. The highest BCUT2D eigenvalue weighted by atomic mass is 16.2. The molecule has 3 aromatic rings. The average Bonchev–Trinajstić information content (AvgIpc) is 3.13. The van der Waals surface area contributed by atoms with E-state index in [4.69, 9.17) is 0 Å². The summed E-state index contributed by atoms with van der Waals surface area (Å²) in [5.74, 6) is 0.836. The summed E-state index contributed by atoms with van der Waals surface area (Å²) in [5.41, 5.74) is 2.39. The van der Waals surface area contributed by atoms with Gasteiger partial charge in [0.05, 0.1) is 23.9 Å². The SMILES string of the molecule is O=C(c1ccc2nc[nH]c2c1)N1CCn2cnnc2C1. The number of hydrogen-bond donors (Lipinski definition) is 1. The van der Waals surface area contributed by atoms with Gasteiger partial charge in [0.15, 0.2) is 5.82 Å². The van der Waals surface area contributed by atoms with Gasteiger partial charge in [-0.15, -0.1) is 10.2 Å². The van der Waals surface area contributed by atoms with Crippen LogP contribution in [0.4, 0.5) is 0 Å². The second kappa shape index (κ2) is 4.16. The molecule has 100 valence electrons. The normalized spacial score (nSPS) is 14.5. The van der Waals surface area contributed by atoms with E-state index < -0.39 is 0 Å². The third kappa shape index (κ3) is 1.67. The first-order chi connectivity index (χ1) is 9.81. The molecule has 1 amide bonds. The van der Waals surface area contributed by atoms with E-state index in [2.05, 4.69) is 20.2 Å². The van der Waals surface area contributed by atoms with Gasteiger partial charge in [-0.2, -0.15) is 0 Å². The second-order valence-corrected chi connectivity index (χ2v) is 4.80. The van der Waals surface area contributed by atoms with Crippen molar-refractivity contribution >= 4 is 16.9 Å². The summed E-state index contributed by atoms with van der Waals surface area (Å²) in [4.78, 5) is 21.5. The number of fused-ring (bicyclic) bond motifs is 2. The minimum Gasteiger partial charge on any atom is -0.345 e. The molecule has 1 aliphatic heterocycles. The lowest BCUT2D eigenvalue weighted by atomic mass is 10.1. The maximum atomic E-state index is 12.5. The van der Waals surface area contributed by atoms with Crippen molar-refractivity contribution in [1.82, 2.24) is 29.6 Å². The van der Waals surface area contributed by atoms with Crippen LogP contribution in [0.5, 0.6) is 0 Å². The third-order valence-electron chi connectivity index (χ3n) is 3.59. The number of aromatic amines is 1. The van der Waals surface area contributed by atoms with E-state index in [0.29, 0.717) is 18.7 Å². The molecular formula is C13H12N6O. The zero-order valence-electron chi connectivity index (χ0n) is 10.7. The van der Waals surface area contributed by atoms with Crippen molar-refractivity contribution < 1.29 is 4.79 Å². The highest BCUT2D eigenvalue weighted by Gasteiger charge is 2.23. The van der Waals surface area contributed by atoms with Crippen molar-refractivity contribution in [3.63, 3.8) is 0 Å². The standard InChI is InChI=1S/C13H12N6O/c20-13(9-1-2-10-11(5-9)15-7-14-10)18-3-4-19-8-16-17-12(19)6-18/h1-2,5,7-8H,3-4,6H2,(H,14,15). The third-order valence-corrected chi connectivity index (χ3v) is 3.59. The fourth-order valence-corrected chi connectivity index (χ4v) is 2.49. The van der Waals surface area contributed by atoms with E-state index in [1.54, 1.807) is 17.6 Å². The zero-order valence-corrected chi connectivity index (χ0v) is 10.7. The number of benzene rings is 1. The largest absolute Gasteiger partial charge is 0.345 e. The first-order valence-electron chi connectivity index (χ1n) is 6.40. The predicted molar refractivity (Wildman–Crippen MR) is 70.9 cm³/mol. The van der Waals surface area contributed by atoms with Gasteiger partial charge in [-0.25, -0.2) is 4.98 Å². The van der Waals surface area contributed by atoms with Gasteiger partial charge in [-0.05, 0) is 18.2 Å². The fraction of sp³-hybridized carbons (Fsp3) is 0.231. The second-order valence-electron chi connectivity index (χ2n) is 4.80. The molecule has 1 aliphatic rings. The Morgan fingerprint density at radius 1 is 1.30 bits per heavy atom. The fourth-order valence-electron chi connectivity index (χ4n) is 2.49. The van der Waals surface area contributed by atoms with Gasteiger partial charge in [0, 0.05) is 18.7 Å². The summed E-state index contributed by atoms with van der Waals surface area (Å²) in [6.07, 6.45) is 3.33. The highest BCUT2D eigenvalue weighted by Crippen LogP contribution is 2.16. The summed E-state index contributed by atoms with van der Waals surface area (Å²) in [7, 11) is 0. The van der Waals surface area contributed by atoms with Crippen LogP contribution in [0.3, 0.4) is 0 Å². The number of H-pyrrole nitrogens is 1. The average molecular weight is 268 g/mol. The Kier molecular flexibility index (Phi) is 2.32. The lowest BCUT2D eigenvalue weighted by molar-refractivity contribution is 0.0707. The molecule has 0 aliphatic carbocycles. The maximum absolute atomic E-state index is 12.5. The van der Waals surface area contributed by atoms with Crippen molar-refractivity contribution in [3.05, 3.63) is 42.2 Å². The zero-order chi connectivity index (χ0) is 13.5. The molecule has 0 unspecified atom stereocenters. The van der Waals surface area contributed by atoms with Crippen LogP contribution in [0.1, 0.15) is 16.2 Å². The van der Waals surface area contributed by atoms with Crippen LogP contribution in [0.15, 0.2) is 30.9 Å². The smallest absolute Gasteiger partial charge is 0.254 e. The molecular weight excluding hydrogens is 256 g/mol. The molecule has 0 saturated heterocycles. The van der Waals surface area contributed by atoms with Gasteiger partial charge in [0.1, 0.15) is 6.33 Å². The molecule has 2 aromatic heterocycles. The Labute approximate surface area is 114 Å². The monoisotopic (exact) mass is 268 g/mol. The van der Waals surface area contributed by atoms with E-state index in [9.17, 15) is 4.79 Å². The molecule has 7 nitrogen and oxygen atoms in total. The number of nitrogens with one attached hydrogen (secondary N) is 1. The molecule has 0 fully saturated rings. The van der Waals surface area contributed by atoms with Crippen molar-refractivity contribution in [2.45, 2.75) is 13.1 Å². The van der Waals surface area contributed by atoms with Gasteiger partial charge in [-0.3, -0.25) is 4.79 Å². The minimum atomic E-state index is 0.00995. The summed E-state index contributed by atoms with van der Waals surface area (Å²) in [6, 6.07) is 5.50. The number of carbonyl (C=O) groups excluding carboxylic acids is 1. The number of rotatable bonds is 1. The summed E-state index contributed by atoms with van der Waals surface area (Å²) in [6.45, 7) is 1.91. The number of aromatic nitrogens is 5.